The predicted molar refractivity (Wildman–Crippen MR) is 79.2 cm³/mol. The van der Waals surface area contributed by atoms with Crippen LogP contribution in [0.5, 0.6) is 0 Å². The van der Waals surface area contributed by atoms with Crippen LogP contribution in [0, 0.1) is 5.82 Å². The quantitative estimate of drug-likeness (QED) is 0.896. The van der Waals surface area contributed by atoms with Crippen LogP contribution < -0.4 is 5.14 Å². The van der Waals surface area contributed by atoms with Gasteiger partial charge in [0.1, 0.15) is 10.7 Å². The number of primary sulfonamides is 1. The van der Waals surface area contributed by atoms with Gasteiger partial charge in [0, 0.05) is 12.6 Å². The second-order valence-electron chi connectivity index (χ2n) is 4.90. The second kappa shape index (κ2) is 6.72. The molecule has 0 aliphatic carbocycles. The lowest BCUT2D eigenvalue weighted by molar-refractivity contribution is 0.0706. The Hall–Kier alpha value is -1.18. The summed E-state index contributed by atoms with van der Waals surface area (Å²) in [7, 11) is -4.27. The highest BCUT2D eigenvalue weighted by atomic mass is 35.5. The maximum Gasteiger partial charge on any atom is 0.255 e. The molecule has 0 spiro atoms. The Balaban J connectivity index is 3.39. The summed E-state index contributed by atoms with van der Waals surface area (Å²) in [6, 6.07) is 1.58. The Labute approximate surface area is 128 Å². The van der Waals surface area contributed by atoms with Crippen LogP contribution in [-0.4, -0.2) is 31.8 Å². The van der Waals surface area contributed by atoms with Crippen molar-refractivity contribution in [1.82, 2.24) is 4.90 Å². The molecule has 1 aromatic rings. The van der Waals surface area contributed by atoms with Crippen LogP contribution in [0.3, 0.4) is 0 Å². The number of amides is 1. The monoisotopic (exact) mass is 336 g/mol. The highest BCUT2D eigenvalue weighted by Gasteiger charge is 2.25. The Morgan fingerprint density at radius 2 is 2.00 bits per heavy atom. The average molecular weight is 337 g/mol. The van der Waals surface area contributed by atoms with Crippen molar-refractivity contribution < 1.29 is 17.6 Å². The van der Waals surface area contributed by atoms with Crippen molar-refractivity contribution >= 4 is 27.5 Å². The fourth-order valence-electron chi connectivity index (χ4n) is 1.90. The molecule has 8 heteroatoms. The van der Waals surface area contributed by atoms with Gasteiger partial charge in [-0.1, -0.05) is 18.5 Å². The zero-order valence-electron chi connectivity index (χ0n) is 12.1. The van der Waals surface area contributed by atoms with Gasteiger partial charge in [0.25, 0.3) is 5.91 Å². The van der Waals surface area contributed by atoms with Crippen LogP contribution in [-0.2, 0) is 10.0 Å². The smallest absolute Gasteiger partial charge is 0.255 e. The van der Waals surface area contributed by atoms with Crippen molar-refractivity contribution in [2.75, 3.05) is 6.54 Å². The Morgan fingerprint density at radius 3 is 2.43 bits per heavy atom. The molecule has 0 bridgehead atoms. The molecule has 0 atom stereocenters. The molecule has 118 valence electrons. The number of carbonyl (C=O) groups excluding carboxylic acids is 1. The average Bonchev–Trinajstić information content (AvgIpc) is 2.33. The lowest BCUT2D eigenvalue weighted by Gasteiger charge is -2.27. The summed E-state index contributed by atoms with van der Waals surface area (Å²) in [5.74, 6) is -1.53. The summed E-state index contributed by atoms with van der Waals surface area (Å²) in [5, 5.41) is 4.79. The van der Waals surface area contributed by atoms with E-state index in [1.54, 1.807) is 0 Å². The third-order valence-electron chi connectivity index (χ3n) is 2.91. The van der Waals surface area contributed by atoms with E-state index in [2.05, 4.69) is 0 Å². The lowest BCUT2D eigenvalue weighted by atomic mass is 10.1. The molecule has 21 heavy (non-hydrogen) atoms. The molecule has 0 saturated carbocycles. The zero-order valence-corrected chi connectivity index (χ0v) is 13.6. The van der Waals surface area contributed by atoms with E-state index < -0.39 is 26.6 Å². The number of sulfonamides is 1. The number of benzene rings is 1. The van der Waals surface area contributed by atoms with Crippen molar-refractivity contribution in [3.05, 3.63) is 28.5 Å². The van der Waals surface area contributed by atoms with Crippen LogP contribution in [0.4, 0.5) is 4.39 Å². The number of halogens is 2. The summed E-state index contributed by atoms with van der Waals surface area (Å²) in [6.45, 7) is 6.04. The molecule has 0 heterocycles. The number of carbonyl (C=O) groups is 1. The summed E-state index contributed by atoms with van der Waals surface area (Å²) in [6.07, 6.45) is 0.727. The molecule has 0 aliphatic rings. The van der Waals surface area contributed by atoms with E-state index in [1.165, 1.54) is 4.90 Å². The standard InChI is InChI=1S/C13H18ClFN2O3S/c1-4-5-17(8(2)3)13(18)9-6-12(21(16,19)20)11(15)7-10(9)14/h6-8H,4-5H2,1-3H3,(H2,16,19,20). The van der Waals surface area contributed by atoms with E-state index in [-0.39, 0.29) is 16.6 Å². The Bertz CT molecular complexity index is 647. The molecule has 5 nitrogen and oxygen atoms in total. The number of nitrogens with two attached hydrogens (primary N) is 1. The first-order valence-electron chi connectivity index (χ1n) is 6.42. The fourth-order valence-corrected chi connectivity index (χ4v) is 2.74. The largest absolute Gasteiger partial charge is 0.336 e. The van der Waals surface area contributed by atoms with Crippen molar-refractivity contribution in [3.63, 3.8) is 0 Å². The molecule has 0 unspecified atom stereocenters. The summed E-state index contributed by atoms with van der Waals surface area (Å²) in [4.78, 5) is 13.3. The van der Waals surface area contributed by atoms with Crippen molar-refractivity contribution in [2.24, 2.45) is 5.14 Å². The van der Waals surface area contributed by atoms with E-state index in [0.29, 0.717) is 6.54 Å². The van der Waals surface area contributed by atoms with Crippen molar-refractivity contribution in [3.8, 4) is 0 Å². The zero-order chi connectivity index (χ0) is 16.4. The third kappa shape index (κ3) is 4.15. The lowest BCUT2D eigenvalue weighted by Crippen LogP contribution is -2.37. The summed E-state index contributed by atoms with van der Waals surface area (Å²) in [5.41, 5.74) is -0.0794. The molecule has 1 aromatic carbocycles. The fraction of sp³-hybridized carbons (Fsp3) is 0.462. The van der Waals surface area contributed by atoms with E-state index in [9.17, 15) is 17.6 Å². The van der Waals surface area contributed by atoms with E-state index in [4.69, 9.17) is 16.7 Å². The van der Waals surface area contributed by atoms with E-state index in [1.807, 2.05) is 20.8 Å². The van der Waals surface area contributed by atoms with Gasteiger partial charge in [0.15, 0.2) is 0 Å². The molecule has 2 N–H and O–H groups in total. The number of hydrogen-bond donors (Lipinski definition) is 1. The maximum atomic E-state index is 13.6. The summed E-state index contributed by atoms with van der Waals surface area (Å²) < 4.78 is 36.3. The van der Waals surface area contributed by atoms with Crippen molar-refractivity contribution in [2.45, 2.75) is 38.1 Å². The minimum atomic E-state index is -4.27. The van der Waals surface area contributed by atoms with Gasteiger partial charge < -0.3 is 4.90 Å². The van der Waals surface area contributed by atoms with Gasteiger partial charge in [-0.2, -0.15) is 0 Å². The summed E-state index contributed by atoms with van der Waals surface area (Å²) >= 11 is 5.87. The highest BCUT2D eigenvalue weighted by molar-refractivity contribution is 7.89. The molecule has 0 aliphatic heterocycles. The molecule has 1 amide bonds. The molecule has 1 rings (SSSR count). The van der Waals surface area contributed by atoms with Gasteiger partial charge in [-0.25, -0.2) is 17.9 Å². The Kier molecular flexibility index (Phi) is 5.72. The minimum Gasteiger partial charge on any atom is -0.336 e. The molecule has 0 fully saturated rings. The van der Waals surface area contributed by atoms with E-state index >= 15 is 0 Å². The second-order valence-corrected chi connectivity index (χ2v) is 6.84. The first-order chi connectivity index (χ1) is 9.59. The molecule has 0 saturated heterocycles. The molecular formula is C13H18ClFN2O3S. The molecule has 0 aromatic heterocycles. The molecule has 0 radical (unpaired) electrons. The van der Waals surface area contributed by atoms with Crippen molar-refractivity contribution in [1.29, 1.82) is 0 Å². The SMILES string of the molecule is CCCN(C(=O)c1cc(S(N)(=O)=O)c(F)cc1Cl)C(C)C. The van der Waals surface area contributed by atoms with Crippen LogP contribution in [0.15, 0.2) is 17.0 Å². The normalized spacial score (nSPS) is 11.8. The van der Waals surface area contributed by atoms with Gasteiger partial charge in [0.05, 0.1) is 10.6 Å². The first kappa shape index (κ1) is 17.9. The van der Waals surface area contributed by atoms with Crippen LogP contribution in [0.2, 0.25) is 5.02 Å². The number of hydrogen-bond acceptors (Lipinski definition) is 3. The highest BCUT2D eigenvalue weighted by Crippen LogP contribution is 2.25. The maximum absolute atomic E-state index is 13.6. The molecular weight excluding hydrogens is 319 g/mol. The van der Waals surface area contributed by atoms with Crippen LogP contribution in [0.1, 0.15) is 37.6 Å². The van der Waals surface area contributed by atoms with Gasteiger partial charge in [0.2, 0.25) is 10.0 Å². The number of rotatable bonds is 5. The van der Waals surface area contributed by atoms with Crippen LogP contribution >= 0.6 is 11.6 Å². The van der Waals surface area contributed by atoms with Gasteiger partial charge in [-0.05, 0) is 32.4 Å². The van der Waals surface area contributed by atoms with Gasteiger partial charge >= 0.3 is 0 Å². The number of nitrogens with zero attached hydrogens (tertiary/aromatic N) is 1. The third-order valence-corrected chi connectivity index (χ3v) is 4.15. The minimum absolute atomic E-state index is 0.0794. The Morgan fingerprint density at radius 1 is 1.43 bits per heavy atom. The topological polar surface area (TPSA) is 80.5 Å². The van der Waals surface area contributed by atoms with E-state index in [0.717, 1.165) is 18.6 Å². The predicted octanol–water partition coefficient (Wildman–Crippen LogP) is 2.39. The van der Waals surface area contributed by atoms with Gasteiger partial charge in [-0.15, -0.1) is 0 Å². The first-order valence-corrected chi connectivity index (χ1v) is 8.34. The van der Waals surface area contributed by atoms with Gasteiger partial charge in [-0.3, -0.25) is 4.79 Å². The van der Waals surface area contributed by atoms with Crippen LogP contribution in [0.25, 0.3) is 0 Å².